The average molecular weight is 474 g/mol. The summed E-state index contributed by atoms with van der Waals surface area (Å²) in [6.45, 7) is 12.2. The fraction of sp³-hybridized carbons (Fsp3) is 1.00. The van der Waals surface area contributed by atoms with Gasteiger partial charge in [-0.1, -0.05) is 85.5 Å². The van der Waals surface area contributed by atoms with E-state index in [0.29, 0.717) is 0 Å². The Balaban J connectivity index is 0.00000420. The number of hydrogen-bond donors (Lipinski definition) is 0. The van der Waals surface area contributed by atoms with E-state index in [1.54, 1.807) is 0 Å². The monoisotopic (exact) mass is 472 g/mol. The van der Waals surface area contributed by atoms with Crippen molar-refractivity contribution in [3.8, 4) is 0 Å². The van der Waals surface area contributed by atoms with Gasteiger partial charge in [-0.05, 0) is 56.8 Å². The van der Waals surface area contributed by atoms with Gasteiger partial charge in [0.25, 0.3) is 0 Å². The molecule has 0 aromatic rings. The summed E-state index contributed by atoms with van der Waals surface area (Å²) < 4.78 is 0. The van der Waals surface area contributed by atoms with E-state index in [4.69, 9.17) is 0 Å². The maximum absolute atomic E-state index is 2.94. The highest BCUT2D eigenvalue weighted by Crippen LogP contribution is 2.29. The highest BCUT2D eigenvalue weighted by atomic mass is 79.9. The number of hydrazine groups is 1. The van der Waals surface area contributed by atoms with Gasteiger partial charge in [0.2, 0.25) is 0 Å². The highest BCUT2D eigenvalue weighted by Gasteiger charge is 2.30. The molecule has 0 bridgehead atoms. The normalized spacial score (nSPS) is 24.0. The van der Waals surface area contributed by atoms with Gasteiger partial charge >= 0.3 is 0 Å². The van der Waals surface area contributed by atoms with Crippen LogP contribution in [0.3, 0.4) is 0 Å². The summed E-state index contributed by atoms with van der Waals surface area (Å²) >= 11 is 0. The van der Waals surface area contributed by atoms with Crippen molar-refractivity contribution in [3.63, 3.8) is 0 Å². The summed E-state index contributed by atoms with van der Waals surface area (Å²) in [6.07, 6.45) is 23.0. The molecule has 2 fully saturated rings. The zero-order valence-electron chi connectivity index (χ0n) is 20.3. The fourth-order valence-corrected chi connectivity index (χ4v) is 5.47. The predicted octanol–water partition coefficient (Wildman–Crippen LogP) is 8.40. The second-order valence-corrected chi connectivity index (χ2v) is 10.7. The number of nitrogens with zero attached hydrogens (tertiary/aromatic N) is 2. The molecule has 3 heteroatoms. The van der Waals surface area contributed by atoms with Crippen LogP contribution >= 0.6 is 17.0 Å². The lowest BCUT2D eigenvalue weighted by Crippen LogP contribution is -2.55. The largest absolute Gasteiger partial charge is 0.238 e. The van der Waals surface area contributed by atoms with Crippen molar-refractivity contribution in [1.82, 2.24) is 10.0 Å². The van der Waals surface area contributed by atoms with Gasteiger partial charge in [0.1, 0.15) is 0 Å². The molecule has 2 aliphatic rings. The summed E-state index contributed by atoms with van der Waals surface area (Å²) in [5.41, 5.74) is 0. The Morgan fingerprint density at radius 2 is 1.24 bits per heavy atom. The number of halogens is 1. The van der Waals surface area contributed by atoms with Crippen LogP contribution in [0.15, 0.2) is 0 Å². The van der Waals surface area contributed by atoms with Crippen LogP contribution in [0.1, 0.15) is 130 Å². The second kappa shape index (κ2) is 16.1. The van der Waals surface area contributed by atoms with Gasteiger partial charge in [0.15, 0.2) is 0 Å². The molecule has 174 valence electrons. The Kier molecular flexibility index (Phi) is 15.2. The molecule has 1 atom stereocenters. The molecule has 29 heavy (non-hydrogen) atoms. The second-order valence-electron chi connectivity index (χ2n) is 10.7. The first-order valence-corrected chi connectivity index (χ1v) is 13.1. The third-order valence-electron chi connectivity index (χ3n) is 7.16. The summed E-state index contributed by atoms with van der Waals surface area (Å²) in [6, 6.07) is 1.63. The Morgan fingerprint density at radius 1 is 0.690 bits per heavy atom. The standard InChI is InChI=1S/C26H52N2.BrH/c1-23(2)15-13-20-26-19-11-8-12-21-27(28(26)22-14-16-24(3)4)25-17-9-6-5-7-10-18-25;/h23-26H,5-22H2,1-4H3;1H. The Hall–Kier alpha value is 0.400. The van der Waals surface area contributed by atoms with Crippen molar-refractivity contribution in [2.24, 2.45) is 11.8 Å². The summed E-state index contributed by atoms with van der Waals surface area (Å²) in [5, 5.41) is 5.87. The molecular formula is C26H53BrN2. The van der Waals surface area contributed by atoms with Gasteiger partial charge in [-0.2, -0.15) is 0 Å². The van der Waals surface area contributed by atoms with Crippen molar-refractivity contribution >= 4 is 17.0 Å². The molecule has 1 unspecified atom stereocenters. The number of rotatable bonds is 9. The lowest BCUT2D eigenvalue weighted by molar-refractivity contribution is -0.110. The Morgan fingerprint density at radius 3 is 1.90 bits per heavy atom. The first-order chi connectivity index (χ1) is 13.6. The molecule has 0 amide bonds. The molecule has 1 saturated carbocycles. The van der Waals surface area contributed by atoms with E-state index in [-0.39, 0.29) is 17.0 Å². The molecule has 0 spiro atoms. The van der Waals surface area contributed by atoms with Gasteiger partial charge in [-0.15, -0.1) is 17.0 Å². The summed E-state index contributed by atoms with van der Waals surface area (Å²) in [5.74, 6) is 1.69. The van der Waals surface area contributed by atoms with Crippen LogP contribution in [0.25, 0.3) is 0 Å². The molecule has 1 aliphatic heterocycles. The molecule has 1 heterocycles. The van der Waals surface area contributed by atoms with Crippen molar-refractivity contribution < 1.29 is 0 Å². The van der Waals surface area contributed by atoms with Crippen molar-refractivity contribution in [3.05, 3.63) is 0 Å². The lowest BCUT2D eigenvalue weighted by atomic mass is 9.94. The molecule has 2 nitrogen and oxygen atoms in total. The lowest BCUT2D eigenvalue weighted by Gasteiger charge is -2.47. The van der Waals surface area contributed by atoms with E-state index in [9.17, 15) is 0 Å². The molecule has 0 radical (unpaired) electrons. The number of hydrogen-bond acceptors (Lipinski definition) is 2. The molecule has 2 rings (SSSR count). The van der Waals surface area contributed by atoms with E-state index in [2.05, 4.69) is 37.7 Å². The third-order valence-corrected chi connectivity index (χ3v) is 7.16. The first kappa shape index (κ1) is 27.4. The van der Waals surface area contributed by atoms with E-state index < -0.39 is 0 Å². The van der Waals surface area contributed by atoms with Crippen molar-refractivity contribution in [1.29, 1.82) is 0 Å². The van der Waals surface area contributed by atoms with E-state index in [1.165, 1.54) is 116 Å². The average Bonchev–Trinajstić information content (AvgIpc) is 2.59. The van der Waals surface area contributed by atoms with Crippen LogP contribution in [-0.2, 0) is 0 Å². The SMILES string of the molecule is Br.CC(C)CCCC1CCCCCN(C2CCCCCCC2)N1CCCC(C)C. The maximum atomic E-state index is 2.94. The van der Waals surface area contributed by atoms with Crippen molar-refractivity contribution in [2.75, 3.05) is 13.1 Å². The Labute approximate surface area is 194 Å². The maximum Gasteiger partial charge on any atom is 0.0246 e. The zero-order chi connectivity index (χ0) is 20.2. The zero-order valence-corrected chi connectivity index (χ0v) is 22.1. The van der Waals surface area contributed by atoms with Gasteiger partial charge < -0.3 is 0 Å². The van der Waals surface area contributed by atoms with E-state index in [1.807, 2.05) is 0 Å². The molecule has 0 aromatic carbocycles. The molecular weight excluding hydrogens is 420 g/mol. The van der Waals surface area contributed by atoms with E-state index >= 15 is 0 Å². The van der Waals surface area contributed by atoms with Gasteiger partial charge in [0.05, 0.1) is 0 Å². The Bertz CT molecular complexity index is 377. The molecule has 1 aliphatic carbocycles. The van der Waals surface area contributed by atoms with Crippen LogP contribution in [0.4, 0.5) is 0 Å². The minimum Gasteiger partial charge on any atom is -0.238 e. The third kappa shape index (κ3) is 11.0. The summed E-state index contributed by atoms with van der Waals surface area (Å²) in [7, 11) is 0. The van der Waals surface area contributed by atoms with Gasteiger partial charge in [-0.25, -0.2) is 10.0 Å². The van der Waals surface area contributed by atoms with Crippen LogP contribution in [0.2, 0.25) is 0 Å². The van der Waals surface area contributed by atoms with Crippen LogP contribution < -0.4 is 0 Å². The molecule has 0 N–H and O–H groups in total. The van der Waals surface area contributed by atoms with Crippen LogP contribution in [0.5, 0.6) is 0 Å². The van der Waals surface area contributed by atoms with E-state index in [0.717, 1.165) is 23.9 Å². The van der Waals surface area contributed by atoms with Crippen LogP contribution in [0, 0.1) is 11.8 Å². The smallest absolute Gasteiger partial charge is 0.0246 e. The molecule has 1 saturated heterocycles. The van der Waals surface area contributed by atoms with Gasteiger partial charge in [0, 0.05) is 25.2 Å². The fourth-order valence-electron chi connectivity index (χ4n) is 5.47. The van der Waals surface area contributed by atoms with Crippen molar-refractivity contribution in [2.45, 2.75) is 143 Å². The molecule has 0 aromatic heterocycles. The van der Waals surface area contributed by atoms with Gasteiger partial charge in [-0.3, -0.25) is 0 Å². The summed E-state index contributed by atoms with van der Waals surface area (Å²) in [4.78, 5) is 0. The minimum atomic E-state index is 0. The topological polar surface area (TPSA) is 6.48 Å². The first-order valence-electron chi connectivity index (χ1n) is 13.1. The minimum absolute atomic E-state index is 0. The quantitative estimate of drug-likeness (QED) is 0.332. The highest BCUT2D eigenvalue weighted by molar-refractivity contribution is 8.93. The van der Waals surface area contributed by atoms with Crippen LogP contribution in [-0.4, -0.2) is 35.2 Å². The predicted molar refractivity (Wildman–Crippen MR) is 135 cm³/mol.